The maximum absolute atomic E-state index is 5.94. The molecule has 1 aromatic heterocycles. The Balaban J connectivity index is 3.48. The highest BCUT2D eigenvalue weighted by Gasteiger charge is 2.31. The molecule has 0 N–H and O–H groups in total. The summed E-state index contributed by atoms with van der Waals surface area (Å²) < 4.78 is 5.94. The Kier molecular flexibility index (Phi) is 2.80. The summed E-state index contributed by atoms with van der Waals surface area (Å²) in [5.74, 6) is 2.20. The maximum atomic E-state index is 5.94. The van der Waals surface area contributed by atoms with Gasteiger partial charge in [-0.1, -0.05) is 41.5 Å². The number of hydrogen-bond donors (Lipinski definition) is 0. The number of rotatable bonds is 0. The van der Waals surface area contributed by atoms with Crippen LogP contribution < -0.4 is 0 Å². The van der Waals surface area contributed by atoms with Crippen molar-refractivity contribution < 1.29 is 4.42 Å². The van der Waals surface area contributed by atoms with Gasteiger partial charge in [0.1, 0.15) is 11.5 Å². The lowest BCUT2D eigenvalue weighted by Gasteiger charge is -2.25. The number of hydrogen-bond acceptors (Lipinski definition) is 1. The van der Waals surface area contributed by atoms with E-state index in [1.807, 2.05) is 0 Å². The Hall–Kier alpha value is -0.720. The molecule has 0 aliphatic carbocycles. The molecule has 0 radical (unpaired) electrons. The standard InChI is InChI=1S/C14H24O/c1-9-10(2)15-12(14(6,7)8)11(9)13(3,4)5/h1-8H3. The minimum atomic E-state index is 0.0850. The normalized spacial score (nSPS) is 13.3. The molecule has 1 heterocycles. The van der Waals surface area contributed by atoms with Gasteiger partial charge in [-0.25, -0.2) is 0 Å². The molecule has 1 heteroatoms. The predicted molar refractivity (Wildman–Crippen MR) is 65.6 cm³/mol. The fraction of sp³-hybridized carbons (Fsp3) is 0.714. The van der Waals surface area contributed by atoms with Crippen molar-refractivity contribution in [1.29, 1.82) is 0 Å². The van der Waals surface area contributed by atoms with E-state index in [1.54, 1.807) is 0 Å². The minimum Gasteiger partial charge on any atom is -0.465 e. The lowest BCUT2D eigenvalue weighted by Crippen LogP contribution is -2.20. The van der Waals surface area contributed by atoms with Crippen molar-refractivity contribution >= 4 is 0 Å². The van der Waals surface area contributed by atoms with E-state index in [0.29, 0.717) is 0 Å². The molecule has 1 aromatic rings. The van der Waals surface area contributed by atoms with Crippen molar-refractivity contribution in [2.24, 2.45) is 0 Å². The molecule has 0 saturated heterocycles. The molecule has 0 saturated carbocycles. The third-order valence-electron chi connectivity index (χ3n) is 2.82. The first-order valence-electron chi connectivity index (χ1n) is 5.66. The second-order valence-corrected chi connectivity index (χ2v) is 6.49. The molecule has 0 aliphatic rings. The quantitative estimate of drug-likeness (QED) is 0.612. The first-order chi connectivity index (χ1) is 6.55. The highest BCUT2D eigenvalue weighted by Crippen LogP contribution is 2.38. The molecule has 0 spiro atoms. The summed E-state index contributed by atoms with van der Waals surface area (Å²) in [6.45, 7) is 17.6. The van der Waals surface area contributed by atoms with Gasteiger partial charge in [-0.3, -0.25) is 0 Å². The Morgan fingerprint density at radius 2 is 1.27 bits per heavy atom. The lowest BCUT2D eigenvalue weighted by atomic mass is 9.78. The lowest BCUT2D eigenvalue weighted by molar-refractivity contribution is 0.381. The third-order valence-corrected chi connectivity index (χ3v) is 2.82. The van der Waals surface area contributed by atoms with Gasteiger partial charge in [-0.15, -0.1) is 0 Å². The summed E-state index contributed by atoms with van der Waals surface area (Å²) in [6, 6.07) is 0. The second-order valence-electron chi connectivity index (χ2n) is 6.49. The topological polar surface area (TPSA) is 13.1 Å². The molecular formula is C14H24O. The zero-order valence-electron chi connectivity index (χ0n) is 11.4. The van der Waals surface area contributed by atoms with Crippen LogP contribution in [-0.2, 0) is 10.8 Å². The molecule has 86 valence electrons. The molecule has 1 rings (SSSR count). The van der Waals surface area contributed by atoms with E-state index in [1.165, 1.54) is 11.1 Å². The molecule has 0 fully saturated rings. The van der Waals surface area contributed by atoms with Crippen LogP contribution in [0.2, 0.25) is 0 Å². The van der Waals surface area contributed by atoms with Gasteiger partial charge in [0.15, 0.2) is 0 Å². The Morgan fingerprint density at radius 1 is 0.800 bits per heavy atom. The first kappa shape index (κ1) is 12.4. The molecule has 15 heavy (non-hydrogen) atoms. The Bertz CT molecular complexity index is 356. The van der Waals surface area contributed by atoms with E-state index in [-0.39, 0.29) is 10.8 Å². The predicted octanol–water partition coefficient (Wildman–Crippen LogP) is 4.49. The van der Waals surface area contributed by atoms with Crippen LogP contribution in [0.3, 0.4) is 0 Å². The maximum Gasteiger partial charge on any atom is 0.113 e. The van der Waals surface area contributed by atoms with Crippen LogP contribution in [0.25, 0.3) is 0 Å². The van der Waals surface area contributed by atoms with Gasteiger partial charge in [0, 0.05) is 11.0 Å². The van der Waals surface area contributed by atoms with Gasteiger partial charge in [-0.2, -0.15) is 0 Å². The fourth-order valence-corrected chi connectivity index (χ4v) is 2.06. The van der Waals surface area contributed by atoms with Crippen LogP contribution in [0.5, 0.6) is 0 Å². The van der Waals surface area contributed by atoms with Crippen LogP contribution in [0.15, 0.2) is 4.42 Å². The van der Waals surface area contributed by atoms with E-state index in [0.717, 1.165) is 11.5 Å². The van der Waals surface area contributed by atoms with Crippen molar-refractivity contribution in [2.75, 3.05) is 0 Å². The average Bonchev–Trinajstić information content (AvgIpc) is 2.25. The zero-order valence-corrected chi connectivity index (χ0v) is 11.4. The van der Waals surface area contributed by atoms with Gasteiger partial charge in [0.25, 0.3) is 0 Å². The van der Waals surface area contributed by atoms with Crippen LogP contribution in [0.4, 0.5) is 0 Å². The highest BCUT2D eigenvalue weighted by atomic mass is 16.3. The molecular weight excluding hydrogens is 184 g/mol. The minimum absolute atomic E-state index is 0.0850. The largest absolute Gasteiger partial charge is 0.465 e. The summed E-state index contributed by atoms with van der Waals surface area (Å²) in [4.78, 5) is 0. The molecule has 0 atom stereocenters. The fourth-order valence-electron chi connectivity index (χ4n) is 2.06. The second kappa shape index (κ2) is 3.40. The van der Waals surface area contributed by atoms with Crippen LogP contribution >= 0.6 is 0 Å². The molecule has 0 amide bonds. The summed E-state index contributed by atoms with van der Waals surface area (Å²) in [7, 11) is 0. The zero-order chi connectivity index (χ0) is 12.0. The highest BCUT2D eigenvalue weighted by molar-refractivity contribution is 5.40. The van der Waals surface area contributed by atoms with E-state index in [4.69, 9.17) is 4.42 Å². The van der Waals surface area contributed by atoms with Crippen LogP contribution in [0.1, 0.15) is 64.2 Å². The summed E-state index contributed by atoms with van der Waals surface area (Å²) >= 11 is 0. The van der Waals surface area contributed by atoms with Crippen LogP contribution in [-0.4, -0.2) is 0 Å². The smallest absolute Gasteiger partial charge is 0.113 e. The number of aryl methyl sites for hydroxylation is 1. The van der Waals surface area contributed by atoms with Crippen molar-refractivity contribution in [1.82, 2.24) is 0 Å². The summed E-state index contributed by atoms with van der Waals surface area (Å²) in [5, 5.41) is 0. The summed E-state index contributed by atoms with van der Waals surface area (Å²) in [5.41, 5.74) is 2.94. The average molecular weight is 208 g/mol. The van der Waals surface area contributed by atoms with Gasteiger partial charge in [-0.05, 0) is 24.8 Å². The van der Waals surface area contributed by atoms with Gasteiger partial charge < -0.3 is 4.42 Å². The van der Waals surface area contributed by atoms with Gasteiger partial charge >= 0.3 is 0 Å². The molecule has 0 bridgehead atoms. The van der Waals surface area contributed by atoms with E-state index in [9.17, 15) is 0 Å². The van der Waals surface area contributed by atoms with E-state index in [2.05, 4.69) is 55.4 Å². The van der Waals surface area contributed by atoms with Crippen molar-refractivity contribution in [2.45, 2.75) is 66.2 Å². The third kappa shape index (κ3) is 2.27. The molecule has 0 aromatic carbocycles. The van der Waals surface area contributed by atoms with Crippen LogP contribution in [0, 0.1) is 13.8 Å². The number of furan rings is 1. The molecule has 1 nitrogen and oxygen atoms in total. The van der Waals surface area contributed by atoms with Gasteiger partial charge in [0.05, 0.1) is 0 Å². The Morgan fingerprint density at radius 3 is 1.53 bits per heavy atom. The molecule has 0 aliphatic heterocycles. The van der Waals surface area contributed by atoms with Crippen molar-refractivity contribution in [3.05, 3.63) is 22.6 Å². The summed E-state index contributed by atoms with van der Waals surface area (Å²) in [6.07, 6.45) is 0. The van der Waals surface area contributed by atoms with E-state index < -0.39 is 0 Å². The first-order valence-corrected chi connectivity index (χ1v) is 5.66. The monoisotopic (exact) mass is 208 g/mol. The molecule has 0 unspecified atom stereocenters. The van der Waals surface area contributed by atoms with Gasteiger partial charge in [0.2, 0.25) is 0 Å². The SMILES string of the molecule is Cc1oc(C(C)(C)C)c(C(C)(C)C)c1C. The van der Waals surface area contributed by atoms with E-state index >= 15 is 0 Å². The van der Waals surface area contributed by atoms with Crippen molar-refractivity contribution in [3.63, 3.8) is 0 Å². The Labute approximate surface area is 93.9 Å². The van der Waals surface area contributed by atoms with Crippen molar-refractivity contribution in [3.8, 4) is 0 Å².